The zero-order valence-corrected chi connectivity index (χ0v) is 17.4. The maximum atomic E-state index is 12.9. The van der Waals surface area contributed by atoms with Crippen LogP contribution in [0, 0.1) is 0 Å². The molecule has 148 valence electrons. The second kappa shape index (κ2) is 7.78. The minimum Gasteiger partial charge on any atom is -0.444 e. The molecule has 1 aromatic carbocycles. The van der Waals surface area contributed by atoms with Crippen molar-refractivity contribution in [3.05, 3.63) is 33.9 Å². The highest BCUT2D eigenvalue weighted by molar-refractivity contribution is 9.10. The third-order valence-electron chi connectivity index (χ3n) is 4.85. The lowest BCUT2D eigenvalue weighted by molar-refractivity contribution is 0.0205. The fourth-order valence-electron chi connectivity index (χ4n) is 3.56. The Morgan fingerprint density at radius 2 is 2.00 bits per heavy atom. The molecule has 1 aliphatic rings. The van der Waals surface area contributed by atoms with E-state index >= 15 is 0 Å². The van der Waals surface area contributed by atoms with E-state index in [1.165, 1.54) is 0 Å². The van der Waals surface area contributed by atoms with Crippen LogP contribution in [0.2, 0.25) is 0 Å². The van der Waals surface area contributed by atoms with Crippen LogP contribution in [-0.2, 0) is 11.2 Å². The summed E-state index contributed by atoms with van der Waals surface area (Å²) in [5.41, 5.74) is 2.11. The number of ether oxygens (including phenoxy) is 1. The van der Waals surface area contributed by atoms with Crippen LogP contribution in [0.3, 0.4) is 0 Å². The molecule has 27 heavy (non-hydrogen) atoms. The van der Waals surface area contributed by atoms with Crippen LogP contribution in [0.4, 0.5) is 13.6 Å². The predicted octanol–water partition coefficient (Wildman–Crippen LogP) is 5.85. The van der Waals surface area contributed by atoms with Gasteiger partial charge in [-0.2, -0.15) is 0 Å². The van der Waals surface area contributed by atoms with E-state index in [4.69, 9.17) is 4.74 Å². The smallest absolute Gasteiger partial charge is 0.410 e. The Hall–Kier alpha value is -1.63. The number of halogens is 3. The van der Waals surface area contributed by atoms with Crippen molar-refractivity contribution in [3.8, 4) is 0 Å². The number of aromatic nitrogens is 1. The molecule has 0 bridgehead atoms. The molecule has 1 N–H and O–H groups in total. The van der Waals surface area contributed by atoms with Crippen molar-refractivity contribution in [2.45, 2.75) is 58.0 Å². The molecule has 0 spiro atoms. The number of piperidine rings is 1. The largest absolute Gasteiger partial charge is 0.444 e. The van der Waals surface area contributed by atoms with E-state index in [0.717, 1.165) is 29.3 Å². The monoisotopic (exact) mass is 442 g/mol. The summed E-state index contributed by atoms with van der Waals surface area (Å²) in [6.45, 7) is 6.85. The molecule has 7 heteroatoms. The number of aromatic amines is 1. The van der Waals surface area contributed by atoms with Gasteiger partial charge < -0.3 is 14.6 Å². The normalized spacial score (nSPS) is 16.3. The first-order chi connectivity index (χ1) is 12.6. The van der Waals surface area contributed by atoms with E-state index in [-0.39, 0.29) is 12.5 Å². The van der Waals surface area contributed by atoms with Crippen LogP contribution in [0.25, 0.3) is 10.9 Å². The number of nitrogens with zero attached hydrogens (tertiary/aromatic N) is 1. The predicted molar refractivity (Wildman–Crippen MR) is 105 cm³/mol. The van der Waals surface area contributed by atoms with Gasteiger partial charge in [0, 0.05) is 30.4 Å². The number of amides is 1. The van der Waals surface area contributed by atoms with Gasteiger partial charge in [0.1, 0.15) is 5.60 Å². The first-order valence-electron chi connectivity index (χ1n) is 9.20. The van der Waals surface area contributed by atoms with E-state index in [9.17, 15) is 13.6 Å². The van der Waals surface area contributed by atoms with E-state index in [1.54, 1.807) is 4.90 Å². The summed E-state index contributed by atoms with van der Waals surface area (Å²) < 4.78 is 31.9. The van der Waals surface area contributed by atoms with Crippen molar-refractivity contribution in [1.82, 2.24) is 9.88 Å². The van der Waals surface area contributed by atoms with Crippen molar-refractivity contribution in [2.24, 2.45) is 0 Å². The Balaban J connectivity index is 1.73. The molecular formula is C20H25BrF2N2O2. The molecule has 1 amide bonds. The van der Waals surface area contributed by atoms with Gasteiger partial charge in [-0.05, 0) is 78.7 Å². The zero-order valence-electron chi connectivity index (χ0n) is 15.8. The van der Waals surface area contributed by atoms with Crippen molar-refractivity contribution in [1.29, 1.82) is 0 Å². The molecule has 2 aromatic rings. The number of carbonyl (C=O) groups excluding carboxylic acids is 1. The SMILES string of the molecule is CC(C)(C)OC(=O)N1CCC(c2ccc3[nH]c(Br)c(CC(F)F)c3c2)CC1. The second-order valence-electron chi connectivity index (χ2n) is 8.06. The molecule has 0 atom stereocenters. The number of fused-ring (bicyclic) bond motifs is 1. The van der Waals surface area contributed by atoms with Crippen LogP contribution < -0.4 is 0 Å². The Morgan fingerprint density at radius 1 is 1.33 bits per heavy atom. The molecule has 1 saturated heterocycles. The number of alkyl halides is 2. The lowest BCUT2D eigenvalue weighted by atomic mass is 9.88. The van der Waals surface area contributed by atoms with Crippen molar-refractivity contribution in [3.63, 3.8) is 0 Å². The summed E-state index contributed by atoms with van der Waals surface area (Å²) >= 11 is 3.36. The number of likely N-dealkylation sites (tertiary alicyclic amines) is 1. The lowest BCUT2D eigenvalue weighted by Crippen LogP contribution is -2.41. The van der Waals surface area contributed by atoms with Gasteiger partial charge in [-0.3, -0.25) is 0 Å². The summed E-state index contributed by atoms with van der Waals surface area (Å²) in [7, 11) is 0. The van der Waals surface area contributed by atoms with Crippen LogP contribution >= 0.6 is 15.9 Å². The minimum absolute atomic E-state index is 0.273. The molecule has 0 radical (unpaired) electrons. The topological polar surface area (TPSA) is 45.3 Å². The van der Waals surface area contributed by atoms with Crippen molar-refractivity contribution >= 4 is 32.9 Å². The van der Waals surface area contributed by atoms with Crippen LogP contribution in [-0.4, -0.2) is 41.1 Å². The number of nitrogens with one attached hydrogen (secondary N) is 1. The summed E-state index contributed by atoms with van der Waals surface area (Å²) in [5.74, 6) is 0.307. The summed E-state index contributed by atoms with van der Waals surface area (Å²) in [4.78, 5) is 17.1. The van der Waals surface area contributed by atoms with Gasteiger partial charge in [0.25, 0.3) is 0 Å². The maximum Gasteiger partial charge on any atom is 0.410 e. The Bertz CT molecular complexity index is 821. The fourth-order valence-corrected chi connectivity index (χ4v) is 4.15. The number of hydrogen-bond acceptors (Lipinski definition) is 2. The summed E-state index contributed by atoms with van der Waals surface area (Å²) in [5, 5.41) is 0.842. The number of benzene rings is 1. The van der Waals surface area contributed by atoms with Crippen molar-refractivity contribution < 1.29 is 18.3 Å². The van der Waals surface area contributed by atoms with Crippen LogP contribution in [0.15, 0.2) is 22.8 Å². The molecule has 4 nitrogen and oxygen atoms in total. The van der Waals surface area contributed by atoms with Gasteiger partial charge in [-0.1, -0.05) is 6.07 Å². The highest BCUT2D eigenvalue weighted by Gasteiger charge is 2.28. The van der Waals surface area contributed by atoms with E-state index < -0.39 is 12.0 Å². The van der Waals surface area contributed by atoms with Gasteiger partial charge in [0.2, 0.25) is 6.43 Å². The lowest BCUT2D eigenvalue weighted by Gasteiger charge is -2.33. The first kappa shape index (κ1) is 20.1. The number of carbonyl (C=O) groups is 1. The molecule has 3 rings (SSSR count). The van der Waals surface area contributed by atoms with Crippen molar-refractivity contribution in [2.75, 3.05) is 13.1 Å². The van der Waals surface area contributed by atoms with Crippen LogP contribution in [0.1, 0.15) is 50.7 Å². The number of rotatable bonds is 3. The quantitative estimate of drug-likeness (QED) is 0.647. The molecule has 1 aliphatic heterocycles. The minimum atomic E-state index is -2.39. The molecule has 1 fully saturated rings. The van der Waals surface area contributed by atoms with E-state index in [1.807, 2.05) is 39.0 Å². The Morgan fingerprint density at radius 3 is 2.59 bits per heavy atom. The van der Waals surface area contributed by atoms with Gasteiger partial charge in [-0.25, -0.2) is 13.6 Å². The molecule has 0 saturated carbocycles. The highest BCUT2D eigenvalue weighted by Crippen LogP contribution is 2.34. The number of hydrogen-bond donors (Lipinski definition) is 1. The third-order valence-corrected chi connectivity index (χ3v) is 5.53. The number of H-pyrrole nitrogens is 1. The Kier molecular flexibility index (Phi) is 5.79. The molecule has 0 aliphatic carbocycles. The third kappa shape index (κ3) is 4.81. The highest BCUT2D eigenvalue weighted by atomic mass is 79.9. The summed E-state index contributed by atoms with van der Waals surface area (Å²) in [6.07, 6.45) is -1.27. The average molecular weight is 443 g/mol. The van der Waals surface area contributed by atoms with Crippen LogP contribution in [0.5, 0.6) is 0 Å². The van der Waals surface area contributed by atoms with E-state index in [2.05, 4.69) is 20.9 Å². The summed E-state index contributed by atoms with van der Waals surface area (Å²) in [6, 6.07) is 6.01. The maximum absolute atomic E-state index is 12.9. The van der Waals surface area contributed by atoms with E-state index in [0.29, 0.717) is 29.2 Å². The first-order valence-corrected chi connectivity index (χ1v) is 9.99. The average Bonchev–Trinajstić information content (AvgIpc) is 2.88. The molecule has 1 aromatic heterocycles. The van der Waals surface area contributed by atoms with Gasteiger partial charge in [0.05, 0.1) is 4.60 Å². The molecule has 2 heterocycles. The van der Waals surface area contributed by atoms with Gasteiger partial charge >= 0.3 is 6.09 Å². The molecule has 0 unspecified atom stereocenters. The zero-order chi connectivity index (χ0) is 19.8. The fraction of sp³-hybridized carbons (Fsp3) is 0.550. The molecular weight excluding hydrogens is 418 g/mol. The van der Waals surface area contributed by atoms with Gasteiger partial charge in [0.15, 0.2) is 0 Å². The second-order valence-corrected chi connectivity index (χ2v) is 8.85. The Labute approximate surface area is 166 Å². The van der Waals surface area contributed by atoms with Gasteiger partial charge in [-0.15, -0.1) is 0 Å². The standard InChI is InChI=1S/C20H25BrF2N2O2/c1-20(2,3)27-19(26)25-8-6-12(7-9-25)13-4-5-16-14(10-13)15(11-17(22)23)18(21)24-16/h4-5,10,12,17,24H,6-9,11H2,1-3H3.